The van der Waals surface area contributed by atoms with Crippen LogP contribution in [0.3, 0.4) is 0 Å². The van der Waals surface area contributed by atoms with Crippen molar-refractivity contribution in [1.82, 2.24) is 30.4 Å². The van der Waals surface area contributed by atoms with Crippen LogP contribution < -0.4 is 5.32 Å². The van der Waals surface area contributed by atoms with Crippen molar-refractivity contribution in [2.75, 3.05) is 5.32 Å². The van der Waals surface area contributed by atoms with E-state index in [1.54, 1.807) is 6.20 Å². The van der Waals surface area contributed by atoms with Crippen LogP contribution in [0.25, 0.3) is 28.0 Å². The van der Waals surface area contributed by atoms with E-state index in [-0.39, 0.29) is 5.91 Å². The van der Waals surface area contributed by atoms with Gasteiger partial charge in [0, 0.05) is 16.6 Å². The van der Waals surface area contributed by atoms with Gasteiger partial charge >= 0.3 is 0 Å². The largest absolute Gasteiger partial charge is 0.326 e. The number of aromatic nitrogens is 6. The third-order valence-corrected chi connectivity index (χ3v) is 4.76. The van der Waals surface area contributed by atoms with Crippen LogP contribution in [0.5, 0.6) is 0 Å². The van der Waals surface area contributed by atoms with E-state index in [0.29, 0.717) is 17.9 Å². The molecule has 0 unspecified atom stereocenters. The van der Waals surface area contributed by atoms with Crippen molar-refractivity contribution in [3.63, 3.8) is 0 Å². The molecular formula is C22H17N7O. The summed E-state index contributed by atoms with van der Waals surface area (Å²) in [6.45, 7) is 0. The molecule has 0 bridgehead atoms. The minimum absolute atomic E-state index is 0.0666. The molecule has 5 aromatic rings. The van der Waals surface area contributed by atoms with Gasteiger partial charge in [-0.2, -0.15) is 10.3 Å². The van der Waals surface area contributed by atoms with E-state index in [1.165, 1.54) is 0 Å². The zero-order valence-electron chi connectivity index (χ0n) is 15.9. The van der Waals surface area contributed by atoms with Gasteiger partial charge in [0.2, 0.25) is 11.7 Å². The first kappa shape index (κ1) is 17.7. The number of H-pyrrole nitrogens is 1. The van der Waals surface area contributed by atoms with Gasteiger partial charge in [0.1, 0.15) is 0 Å². The molecule has 0 saturated carbocycles. The average molecular weight is 395 g/mol. The lowest BCUT2D eigenvalue weighted by molar-refractivity contribution is -0.115. The van der Waals surface area contributed by atoms with Crippen LogP contribution in [0.2, 0.25) is 0 Å². The molecule has 0 aliphatic rings. The maximum Gasteiger partial charge on any atom is 0.228 e. The van der Waals surface area contributed by atoms with Crippen LogP contribution in [0.1, 0.15) is 5.56 Å². The maximum atomic E-state index is 12.4. The SMILES string of the molecule is O=C(Cc1ccccc1)Nc1cccc(-n2ncc3ccc(-c4nn[nH]n4)cc32)c1. The van der Waals surface area contributed by atoms with E-state index in [2.05, 4.69) is 31.0 Å². The Morgan fingerprint density at radius 3 is 2.73 bits per heavy atom. The smallest absolute Gasteiger partial charge is 0.228 e. The second-order valence-corrected chi connectivity index (χ2v) is 6.83. The summed E-state index contributed by atoms with van der Waals surface area (Å²) < 4.78 is 1.83. The number of aromatic amines is 1. The highest BCUT2D eigenvalue weighted by atomic mass is 16.1. The Hall–Kier alpha value is -4.33. The van der Waals surface area contributed by atoms with Crippen LogP contribution in [0, 0.1) is 0 Å². The minimum atomic E-state index is -0.0666. The third-order valence-electron chi connectivity index (χ3n) is 4.76. The summed E-state index contributed by atoms with van der Waals surface area (Å²) >= 11 is 0. The van der Waals surface area contributed by atoms with Crippen molar-refractivity contribution < 1.29 is 4.79 Å². The molecule has 2 aromatic heterocycles. The Labute approximate surface area is 171 Å². The van der Waals surface area contributed by atoms with E-state index in [4.69, 9.17) is 0 Å². The molecule has 0 aliphatic heterocycles. The van der Waals surface area contributed by atoms with E-state index in [9.17, 15) is 4.79 Å². The number of hydrogen-bond donors (Lipinski definition) is 2. The predicted molar refractivity (Wildman–Crippen MR) is 113 cm³/mol. The number of carbonyl (C=O) groups excluding carboxylic acids is 1. The number of hydrogen-bond acceptors (Lipinski definition) is 5. The molecular weight excluding hydrogens is 378 g/mol. The van der Waals surface area contributed by atoms with Crippen molar-refractivity contribution in [3.05, 3.63) is 84.6 Å². The lowest BCUT2D eigenvalue weighted by atomic mass is 10.1. The number of tetrazole rings is 1. The van der Waals surface area contributed by atoms with Crippen LogP contribution in [-0.2, 0) is 11.2 Å². The summed E-state index contributed by atoms with van der Waals surface area (Å²) in [6, 6.07) is 23.1. The Kier molecular flexibility index (Phi) is 4.49. The van der Waals surface area contributed by atoms with Gasteiger partial charge in [0.05, 0.1) is 23.8 Å². The van der Waals surface area contributed by atoms with Crippen LogP contribution in [0.4, 0.5) is 5.69 Å². The summed E-state index contributed by atoms with van der Waals surface area (Å²) in [6.07, 6.45) is 2.12. The number of nitrogens with zero attached hydrogens (tertiary/aromatic N) is 5. The van der Waals surface area contributed by atoms with E-state index in [1.807, 2.05) is 77.5 Å². The second-order valence-electron chi connectivity index (χ2n) is 6.83. The monoisotopic (exact) mass is 395 g/mol. The zero-order chi connectivity index (χ0) is 20.3. The summed E-state index contributed by atoms with van der Waals surface area (Å²) in [7, 11) is 0. The molecule has 2 N–H and O–H groups in total. The highest BCUT2D eigenvalue weighted by molar-refractivity contribution is 5.92. The first-order chi connectivity index (χ1) is 14.8. The van der Waals surface area contributed by atoms with Gasteiger partial charge in [-0.3, -0.25) is 4.79 Å². The molecule has 8 heteroatoms. The van der Waals surface area contributed by atoms with Gasteiger partial charge in [-0.15, -0.1) is 10.2 Å². The number of rotatable bonds is 5. The first-order valence-corrected chi connectivity index (χ1v) is 9.42. The van der Waals surface area contributed by atoms with Gasteiger partial charge in [0.25, 0.3) is 0 Å². The topological polar surface area (TPSA) is 101 Å². The van der Waals surface area contributed by atoms with Crippen molar-refractivity contribution in [3.8, 4) is 17.1 Å². The molecule has 0 fully saturated rings. The number of nitrogens with one attached hydrogen (secondary N) is 2. The summed E-state index contributed by atoms with van der Waals surface area (Å²) in [4.78, 5) is 12.4. The van der Waals surface area contributed by atoms with Crippen molar-refractivity contribution in [1.29, 1.82) is 0 Å². The fourth-order valence-electron chi connectivity index (χ4n) is 3.35. The number of benzene rings is 3. The molecule has 0 atom stereocenters. The normalized spacial score (nSPS) is 10.9. The molecule has 146 valence electrons. The molecule has 3 aromatic carbocycles. The first-order valence-electron chi connectivity index (χ1n) is 9.42. The average Bonchev–Trinajstić information content (AvgIpc) is 3.44. The Morgan fingerprint density at radius 2 is 1.90 bits per heavy atom. The summed E-state index contributed by atoms with van der Waals surface area (Å²) in [5.74, 6) is 0.453. The van der Waals surface area contributed by atoms with E-state index < -0.39 is 0 Å². The molecule has 1 amide bonds. The second kappa shape index (κ2) is 7.59. The molecule has 0 radical (unpaired) electrons. The quantitative estimate of drug-likeness (QED) is 0.475. The fourth-order valence-corrected chi connectivity index (χ4v) is 3.35. The fraction of sp³-hybridized carbons (Fsp3) is 0.0455. The summed E-state index contributed by atoms with van der Waals surface area (Å²) in [5.41, 5.74) is 4.27. The highest BCUT2D eigenvalue weighted by Crippen LogP contribution is 2.25. The van der Waals surface area contributed by atoms with E-state index in [0.717, 1.165) is 27.7 Å². The molecule has 0 spiro atoms. The standard InChI is InChI=1S/C22H17N7O/c30-21(11-15-5-2-1-3-6-15)24-18-7-4-8-19(13-18)29-20-12-16(22-25-27-28-26-22)9-10-17(20)14-23-29/h1-10,12-14H,11H2,(H,24,30)(H,25,26,27,28). The number of fused-ring (bicyclic) bond motifs is 1. The Bertz CT molecular complexity index is 1310. The highest BCUT2D eigenvalue weighted by Gasteiger charge is 2.10. The van der Waals surface area contributed by atoms with Crippen LogP contribution in [-0.4, -0.2) is 36.3 Å². The lowest BCUT2D eigenvalue weighted by Gasteiger charge is -2.09. The molecule has 5 rings (SSSR count). The maximum absolute atomic E-state index is 12.4. The zero-order valence-corrected chi connectivity index (χ0v) is 15.9. The van der Waals surface area contributed by atoms with Crippen molar-refractivity contribution >= 4 is 22.5 Å². The van der Waals surface area contributed by atoms with Gasteiger partial charge in [-0.25, -0.2) is 4.68 Å². The number of carbonyl (C=O) groups is 1. The Balaban J connectivity index is 1.43. The lowest BCUT2D eigenvalue weighted by Crippen LogP contribution is -2.14. The number of amides is 1. The van der Waals surface area contributed by atoms with E-state index >= 15 is 0 Å². The van der Waals surface area contributed by atoms with Gasteiger partial charge < -0.3 is 5.32 Å². The summed E-state index contributed by atoms with van der Waals surface area (Å²) in [5, 5.41) is 22.6. The van der Waals surface area contributed by atoms with Gasteiger partial charge in [-0.1, -0.05) is 48.5 Å². The molecule has 0 saturated heterocycles. The molecule has 8 nitrogen and oxygen atoms in total. The predicted octanol–water partition coefficient (Wildman–Crippen LogP) is 3.39. The van der Waals surface area contributed by atoms with Crippen molar-refractivity contribution in [2.45, 2.75) is 6.42 Å². The van der Waals surface area contributed by atoms with Crippen LogP contribution >= 0.6 is 0 Å². The third kappa shape index (κ3) is 3.53. The van der Waals surface area contributed by atoms with Crippen molar-refractivity contribution in [2.24, 2.45) is 0 Å². The number of anilines is 1. The van der Waals surface area contributed by atoms with Gasteiger partial charge in [0.15, 0.2) is 0 Å². The molecule has 2 heterocycles. The van der Waals surface area contributed by atoms with Crippen LogP contribution in [0.15, 0.2) is 79.0 Å². The van der Waals surface area contributed by atoms with Gasteiger partial charge in [-0.05, 0) is 35.0 Å². The molecule has 30 heavy (non-hydrogen) atoms. The minimum Gasteiger partial charge on any atom is -0.326 e. The Morgan fingerprint density at radius 1 is 1.00 bits per heavy atom. The molecule has 0 aliphatic carbocycles.